The second-order valence-corrected chi connectivity index (χ2v) is 20.8. The number of fused-ring (bicyclic) bond motifs is 3. The summed E-state index contributed by atoms with van der Waals surface area (Å²) in [4.78, 5) is 7.05. The lowest BCUT2D eigenvalue weighted by Gasteiger charge is -2.34. The molecule has 0 bridgehead atoms. The monoisotopic (exact) mass is 941 g/mol. The van der Waals surface area contributed by atoms with Crippen molar-refractivity contribution in [2.45, 2.75) is 52.4 Å². The Balaban J connectivity index is 1.17. The van der Waals surface area contributed by atoms with Crippen LogP contribution in [0.2, 0.25) is 5.02 Å². The average Bonchev–Trinajstić information content (AvgIpc) is 3.86. The molecule has 5 heteroatoms. The third-order valence-electron chi connectivity index (χ3n) is 13.7. The van der Waals surface area contributed by atoms with Gasteiger partial charge in [0, 0.05) is 55.7 Å². The van der Waals surface area contributed by atoms with Crippen LogP contribution in [0.4, 0.5) is 51.2 Å². The molecule has 0 unspecified atom stereocenters. The van der Waals surface area contributed by atoms with Gasteiger partial charge in [-0.25, -0.2) is 0 Å². The summed E-state index contributed by atoms with van der Waals surface area (Å²) in [6.07, 6.45) is 3.59. The molecule has 0 saturated carbocycles. The number of hydrogen-bond donors (Lipinski definition) is 0. The number of para-hydroxylation sites is 2. The first kappa shape index (κ1) is 45.4. The molecule has 0 amide bonds. The maximum Gasteiger partial charge on any atom is 0.0982 e. The highest BCUT2D eigenvalue weighted by Gasteiger charge is 2.29. The van der Waals surface area contributed by atoms with E-state index in [1.807, 2.05) is 0 Å². The highest BCUT2D eigenvalue weighted by atomic mass is 35.5. The summed E-state index contributed by atoms with van der Waals surface area (Å²) in [6, 6.07) is 78.7. The van der Waals surface area contributed by atoms with Gasteiger partial charge in [0.25, 0.3) is 0 Å². The Bertz CT molecular complexity index is 3630. The zero-order valence-corrected chi connectivity index (χ0v) is 41.8. The SMILES string of the molecule is CC(C)(C)c1ccc(N(c2cccc(N(c3ccccc3)c3cc(C(C)(C)C)cc(N(c4ccccc4)c4ccc5cocc5c4)c3Cl)c2)c2c3ccccc3c(-c3ccccc3)c3ccccc23)cc1. The summed E-state index contributed by atoms with van der Waals surface area (Å²) < 4.78 is 5.66. The van der Waals surface area contributed by atoms with Crippen LogP contribution in [0.1, 0.15) is 52.7 Å². The Hall–Kier alpha value is -8.05. The quantitative estimate of drug-likeness (QED) is 0.127. The van der Waals surface area contributed by atoms with Gasteiger partial charge < -0.3 is 19.1 Å². The van der Waals surface area contributed by atoms with E-state index in [0.717, 1.165) is 78.3 Å². The molecule has 10 aromatic carbocycles. The van der Waals surface area contributed by atoms with Gasteiger partial charge in [0.2, 0.25) is 0 Å². The van der Waals surface area contributed by atoms with Crippen molar-refractivity contribution in [1.29, 1.82) is 0 Å². The molecule has 1 heterocycles. The highest BCUT2D eigenvalue weighted by Crippen LogP contribution is 2.52. The fourth-order valence-corrected chi connectivity index (χ4v) is 10.3. The van der Waals surface area contributed by atoms with E-state index in [0.29, 0.717) is 5.02 Å². The molecular weight excluding hydrogens is 886 g/mol. The van der Waals surface area contributed by atoms with Crippen LogP contribution in [-0.4, -0.2) is 0 Å². The highest BCUT2D eigenvalue weighted by molar-refractivity contribution is 6.37. The predicted molar refractivity (Wildman–Crippen MR) is 303 cm³/mol. The van der Waals surface area contributed by atoms with Crippen molar-refractivity contribution in [2.24, 2.45) is 0 Å². The van der Waals surface area contributed by atoms with Crippen molar-refractivity contribution in [2.75, 3.05) is 14.7 Å². The Labute approximate surface area is 422 Å². The molecule has 0 aliphatic carbocycles. The van der Waals surface area contributed by atoms with Gasteiger partial charge in [-0.15, -0.1) is 0 Å². The minimum absolute atomic E-state index is 0.0159. The van der Waals surface area contributed by atoms with Crippen molar-refractivity contribution in [3.8, 4) is 11.1 Å². The van der Waals surface area contributed by atoms with Gasteiger partial charge in [0.1, 0.15) is 0 Å². The summed E-state index contributed by atoms with van der Waals surface area (Å²) >= 11 is 8.05. The normalized spacial score (nSPS) is 11.9. The van der Waals surface area contributed by atoms with Crippen LogP contribution in [0.5, 0.6) is 0 Å². The molecule has 4 nitrogen and oxygen atoms in total. The number of hydrogen-bond acceptors (Lipinski definition) is 4. The summed E-state index contributed by atoms with van der Waals surface area (Å²) in [5.41, 5.74) is 13.4. The largest absolute Gasteiger partial charge is 0.471 e. The van der Waals surface area contributed by atoms with Crippen molar-refractivity contribution in [1.82, 2.24) is 0 Å². The van der Waals surface area contributed by atoms with E-state index < -0.39 is 0 Å². The summed E-state index contributed by atoms with van der Waals surface area (Å²) in [7, 11) is 0. The summed E-state index contributed by atoms with van der Waals surface area (Å²) in [5.74, 6) is 0. The number of rotatable bonds is 10. The molecule has 0 aliphatic rings. The van der Waals surface area contributed by atoms with Crippen LogP contribution in [0, 0.1) is 0 Å². The second-order valence-electron chi connectivity index (χ2n) is 20.4. The maximum absolute atomic E-state index is 8.05. The number of benzene rings is 10. The zero-order valence-electron chi connectivity index (χ0n) is 41.1. The summed E-state index contributed by atoms with van der Waals surface area (Å²) in [5, 5.41) is 7.39. The van der Waals surface area contributed by atoms with Gasteiger partial charge >= 0.3 is 0 Å². The Morgan fingerprint density at radius 2 is 0.775 bits per heavy atom. The van der Waals surface area contributed by atoms with Gasteiger partial charge in [-0.05, 0) is 129 Å². The molecule has 0 aliphatic heterocycles. The Morgan fingerprint density at radius 1 is 0.352 bits per heavy atom. The van der Waals surface area contributed by atoms with E-state index in [1.165, 1.54) is 27.5 Å². The van der Waals surface area contributed by atoms with E-state index in [1.54, 1.807) is 12.5 Å². The third-order valence-corrected chi connectivity index (χ3v) is 14.0. The van der Waals surface area contributed by atoms with Crippen LogP contribution in [0.25, 0.3) is 43.4 Å². The number of anilines is 9. The first-order valence-electron chi connectivity index (χ1n) is 24.4. The van der Waals surface area contributed by atoms with E-state index in [2.05, 4.69) is 275 Å². The molecule has 0 spiro atoms. The van der Waals surface area contributed by atoms with Gasteiger partial charge in [-0.3, -0.25) is 0 Å². The van der Waals surface area contributed by atoms with E-state index in [9.17, 15) is 0 Å². The predicted octanol–water partition coefficient (Wildman–Crippen LogP) is 20.1. The zero-order chi connectivity index (χ0) is 48.9. The second kappa shape index (κ2) is 18.4. The summed E-state index contributed by atoms with van der Waals surface area (Å²) in [6.45, 7) is 13.6. The van der Waals surface area contributed by atoms with Crippen molar-refractivity contribution >= 4 is 95.1 Å². The lowest BCUT2D eigenvalue weighted by molar-refractivity contribution is 0.572. The average molecular weight is 943 g/mol. The Morgan fingerprint density at radius 3 is 1.31 bits per heavy atom. The van der Waals surface area contributed by atoms with Gasteiger partial charge in [0.05, 0.1) is 34.6 Å². The van der Waals surface area contributed by atoms with Crippen LogP contribution < -0.4 is 14.7 Å². The molecule has 348 valence electrons. The number of halogens is 1. The minimum Gasteiger partial charge on any atom is -0.471 e. The van der Waals surface area contributed by atoms with Crippen LogP contribution in [-0.2, 0) is 10.8 Å². The molecule has 11 aromatic rings. The molecule has 0 atom stereocenters. The fraction of sp³-hybridized carbons (Fsp3) is 0.121. The molecular formula is C66H56ClN3O. The molecule has 0 fully saturated rings. The first-order chi connectivity index (χ1) is 34.4. The Kier molecular flexibility index (Phi) is 11.7. The van der Waals surface area contributed by atoms with Crippen molar-refractivity contribution in [3.05, 3.63) is 247 Å². The molecule has 11 rings (SSSR count). The first-order valence-corrected chi connectivity index (χ1v) is 24.8. The maximum atomic E-state index is 8.05. The molecule has 0 N–H and O–H groups in total. The van der Waals surface area contributed by atoms with Crippen molar-refractivity contribution < 1.29 is 4.42 Å². The van der Waals surface area contributed by atoms with Crippen LogP contribution in [0.15, 0.2) is 235 Å². The molecule has 0 radical (unpaired) electrons. The topological polar surface area (TPSA) is 22.9 Å². The smallest absolute Gasteiger partial charge is 0.0982 e. The van der Waals surface area contributed by atoms with Gasteiger partial charge in [-0.2, -0.15) is 0 Å². The third kappa shape index (κ3) is 8.59. The standard InChI is InChI=1S/C66H56ClN3O/c1-65(2,3)48-34-37-52(38-35-48)70(64-58-31-18-16-29-56(58)62(45-21-10-7-11-22-45)57-30-17-19-32-59(57)64)54-28-20-27-53(42-54)68(50-23-12-8-13-24-50)60-40-49(66(4,5)6)41-61(63(60)67)69(51-25-14-9-15-26-51)55-36-33-46-43-71-44-47(46)39-55/h7-44H,1-6H3. The fourth-order valence-electron chi connectivity index (χ4n) is 10.0. The van der Waals surface area contributed by atoms with Gasteiger partial charge in [-0.1, -0.05) is 187 Å². The number of furan rings is 1. The van der Waals surface area contributed by atoms with Crippen LogP contribution >= 0.6 is 11.6 Å². The van der Waals surface area contributed by atoms with E-state index >= 15 is 0 Å². The van der Waals surface area contributed by atoms with Gasteiger partial charge in [0.15, 0.2) is 0 Å². The van der Waals surface area contributed by atoms with E-state index in [4.69, 9.17) is 16.0 Å². The molecule has 0 saturated heterocycles. The lowest BCUT2D eigenvalue weighted by Crippen LogP contribution is -2.19. The van der Waals surface area contributed by atoms with E-state index in [-0.39, 0.29) is 10.8 Å². The van der Waals surface area contributed by atoms with Crippen LogP contribution in [0.3, 0.4) is 0 Å². The van der Waals surface area contributed by atoms with Crippen molar-refractivity contribution in [3.63, 3.8) is 0 Å². The minimum atomic E-state index is -0.237. The molecule has 71 heavy (non-hydrogen) atoms. The molecule has 1 aromatic heterocycles. The number of nitrogens with zero attached hydrogens (tertiary/aromatic N) is 3. The lowest BCUT2D eigenvalue weighted by atomic mass is 9.86.